The van der Waals surface area contributed by atoms with Crippen molar-refractivity contribution >= 4 is 11.9 Å². The third-order valence-corrected chi connectivity index (χ3v) is 1.18. The Morgan fingerprint density at radius 1 is 1.58 bits per heavy atom. The molecule has 0 spiro atoms. The van der Waals surface area contributed by atoms with Crippen LogP contribution in [-0.4, -0.2) is 11.9 Å². The van der Waals surface area contributed by atoms with Crippen LogP contribution in [-0.2, 0) is 11.2 Å². The summed E-state index contributed by atoms with van der Waals surface area (Å²) in [4.78, 5) is 21.0. The number of rotatable bonds is 2. The Kier molecular flexibility index (Phi) is 2.47. The molecule has 0 aromatic carbocycles. The van der Waals surface area contributed by atoms with Crippen LogP contribution in [0.4, 0.5) is 4.79 Å². The Morgan fingerprint density at radius 2 is 2.33 bits per heavy atom. The Labute approximate surface area is 68.5 Å². The van der Waals surface area contributed by atoms with E-state index in [0.29, 0.717) is 5.76 Å². The molecule has 1 rings (SSSR count). The summed E-state index contributed by atoms with van der Waals surface area (Å²) in [6.45, 7) is 0. The van der Waals surface area contributed by atoms with Gasteiger partial charge in [-0.1, -0.05) is 0 Å². The molecule has 0 saturated carbocycles. The molecule has 0 fully saturated rings. The van der Waals surface area contributed by atoms with Gasteiger partial charge >= 0.3 is 6.03 Å². The topological polar surface area (TPSA) is 85.3 Å². The standard InChI is InChI=1S/C7H8N2O3/c8-7(11)9-6(10)4-5-2-1-3-12-5/h1-3H,4H2,(H3,8,9,10,11). The van der Waals surface area contributed by atoms with E-state index in [1.165, 1.54) is 6.26 Å². The molecule has 1 aromatic heterocycles. The highest BCUT2D eigenvalue weighted by Crippen LogP contribution is 1.99. The minimum absolute atomic E-state index is 0.0237. The van der Waals surface area contributed by atoms with Crippen LogP contribution in [0.15, 0.2) is 22.8 Å². The molecular weight excluding hydrogens is 160 g/mol. The van der Waals surface area contributed by atoms with Gasteiger partial charge in [-0.2, -0.15) is 0 Å². The van der Waals surface area contributed by atoms with Gasteiger partial charge in [0.25, 0.3) is 0 Å². The minimum Gasteiger partial charge on any atom is -0.469 e. The van der Waals surface area contributed by atoms with Crippen LogP contribution in [0.1, 0.15) is 5.76 Å². The summed E-state index contributed by atoms with van der Waals surface area (Å²) in [6, 6.07) is 2.44. The van der Waals surface area contributed by atoms with Crippen molar-refractivity contribution in [3.8, 4) is 0 Å². The summed E-state index contributed by atoms with van der Waals surface area (Å²) in [5.41, 5.74) is 4.72. The number of hydrogen-bond donors (Lipinski definition) is 2. The molecular formula is C7H8N2O3. The lowest BCUT2D eigenvalue weighted by molar-refractivity contribution is -0.119. The first-order chi connectivity index (χ1) is 5.68. The zero-order valence-corrected chi connectivity index (χ0v) is 6.24. The quantitative estimate of drug-likeness (QED) is 0.652. The summed E-state index contributed by atoms with van der Waals surface area (Å²) >= 11 is 0. The van der Waals surface area contributed by atoms with Crippen LogP contribution in [0.2, 0.25) is 0 Å². The second kappa shape index (κ2) is 3.56. The molecule has 5 nitrogen and oxygen atoms in total. The van der Waals surface area contributed by atoms with Crippen molar-refractivity contribution in [3.05, 3.63) is 24.2 Å². The van der Waals surface area contributed by atoms with Crippen molar-refractivity contribution in [2.24, 2.45) is 5.73 Å². The molecule has 1 heterocycles. The van der Waals surface area contributed by atoms with Crippen molar-refractivity contribution in [2.45, 2.75) is 6.42 Å². The first-order valence-electron chi connectivity index (χ1n) is 3.30. The second-order valence-corrected chi connectivity index (χ2v) is 2.17. The summed E-state index contributed by atoms with van der Waals surface area (Å²) in [5.74, 6) is 0.0196. The van der Waals surface area contributed by atoms with Crippen molar-refractivity contribution < 1.29 is 14.0 Å². The van der Waals surface area contributed by atoms with E-state index in [-0.39, 0.29) is 6.42 Å². The number of furan rings is 1. The van der Waals surface area contributed by atoms with Gasteiger partial charge < -0.3 is 10.2 Å². The van der Waals surface area contributed by atoms with E-state index in [0.717, 1.165) is 0 Å². The molecule has 12 heavy (non-hydrogen) atoms. The second-order valence-electron chi connectivity index (χ2n) is 2.17. The molecule has 1 aromatic rings. The first-order valence-corrected chi connectivity index (χ1v) is 3.30. The van der Waals surface area contributed by atoms with E-state index in [1.54, 1.807) is 12.1 Å². The molecule has 3 N–H and O–H groups in total. The van der Waals surface area contributed by atoms with Gasteiger partial charge in [0.15, 0.2) is 0 Å². The molecule has 0 radical (unpaired) electrons. The average Bonchev–Trinajstić information content (AvgIpc) is 2.37. The van der Waals surface area contributed by atoms with E-state index in [4.69, 9.17) is 10.2 Å². The highest BCUT2D eigenvalue weighted by Gasteiger charge is 2.06. The summed E-state index contributed by atoms with van der Waals surface area (Å²) < 4.78 is 4.87. The van der Waals surface area contributed by atoms with E-state index in [2.05, 4.69) is 0 Å². The largest absolute Gasteiger partial charge is 0.469 e. The molecule has 64 valence electrons. The average molecular weight is 168 g/mol. The minimum atomic E-state index is -0.855. The maximum Gasteiger partial charge on any atom is 0.318 e. The highest BCUT2D eigenvalue weighted by molar-refractivity contribution is 5.94. The lowest BCUT2D eigenvalue weighted by Crippen LogP contribution is -2.35. The summed E-state index contributed by atoms with van der Waals surface area (Å²) in [6.07, 6.45) is 1.48. The van der Waals surface area contributed by atoms with Crippen molar-refractivity contribution in [1.29, 1.82) is 0 Å². The third kappa shape index (κ3) is 2.45. The van der Waals surface area contributed by atoms with Gasteiger partial charge in [0.2, 0.25) is 5.91 Å². The van der Waals surface area contributed by atoms with Crippen molar-refractivity contribution in [3.63, 3.8) is 0 Å². The SMILES string of the molecule is NC(=O)NC(=O)Cc1ccco1. The van der Waals surface area contributed by atoms with E-state index in [9.17, 15) is 9.59 Å². The fourth-order valence-corrected chi connectivity index (χ4v) is 0.753. The molecule has 0 aliphatic heterocycles. The number of primary amides is 1. The van der Waals surface area contributed by atoms with Crippen LogP contribution < -0.4 is 11.1 Å². The molecule has 0 bridgehead atoms. The molecule has 0 saturated heterocycles. The highest BCUT2D eigenvalue weighted by atomic mass is 16.3. The Morgan fingerprint density at radius 3 is 2.83 bits per heavy atom. The normalized spacial score (nSPS) is 9.33. The molecule has 0 aliphatic rings. The molecule has 0 aliphatic carbocycles. The fraction of sp³-hybridized carbons (Fsp3) is 0.143. The van der Waals surface area contributed by atoms with Gasteiger partial charge in [-0.25, -0.2) is 4.79 Å². The maximum absolute atomic E-state index is 10.8. The monoisotopic (exact) mass is 168 g/mol. The Balaban J connectivity index is 2.42. The number of carbonyl (C=O) groups is 2. The number of imide groups is 1. The molecule has 0 atom stereocenters. The smallest absolute Gasteiger partial charge is 0.318 e. The maximum atomic E-state index is 10.8. The number of hydrogen-bond acceptors (Lipinski definition) is 3. The predicted molar refractivity (Wildman–Crippen MR) is 40.1 cm³/mol. The zero-order valence-electron chi connectivity index (χ0n) is 6.24. The van der Waals surface area contributed by atoms with Gasteiger partial charge in [0.05, 0.1) is 12.7 Å². The predicted octanol–water partition coefficient (Wildman–Crippen LogP) is 0.0170. The van der Waals surface area contributed by atoms with E-state index >= 15 is 0 Å². The van der Waals surface area contributed by atoms with Crippen LogP contribution in [0.5, 0.6) is 0 Å². The van der Waals surface area contributed by atoms with Crippen molar-refractivity contribution in [1.82, 2.24) is 5.32 Å². The number of urea groups is 1. The van der Waals surface area contributed by atoms with Gasteiger partial charge in [0, 0.05) is 0 Å². The van der Waals surface area contributed by atoms with E-state index < -0.39 is 11.9 Å². The van der Waals surface area contributed by atoms with Crippen LogP contribution in [0, 0.1) is 0 Å². The first kappa shape index (κ1) is 8.32. The number of amides is 3. The number of carbonyl (C=O) groups excluding carboxylic acids is 2. The third-order valence-electron chi connectivity index (χ3n) is 1.18. The molecule has 5 heteroatoms. The zero-order chi connectivity index (χ0) is 8.97. The Hall–Kier alpha value is -1.78. The summed E-state index contributed by atoms with van der Waals surface area (Å²) in [5, 5.41) is 1.92. The van der Waals surface area contributed by atoms with Crippen LogP contribution in [0.25, 0.3) is 0 Å². The van der Waals surface area contributed by atoms with E-state index in [1.807, 2.05) is 5.32 Å². The lowest BCUT2D eigenvalue weighted by Gasteiger charge is -1.96. The number of nitrogens with two attached hydrogens (primary N) is 1. The van der Waals surface area contributed by atoms with Crippen LogP contribution >= 0.6 is 0 Å². The van der Waals surface area contributed by atoms with Gasteiger partial charge in [-0.3, -0.25) is 10.1 Å². The molecule has 3 amide bonds. The van der Waals surface area contributed by atoms with Crippen molar-refractivity contribution in [2.75, 3.05) is 0 Å². The van der Waals surface area contributed by atoms with Gasteiger partial charge in [0.1, 0.15) is 5.76 Å². The van der Waals surface area contributed by atoms with Gasteiger partial charge in [-0.05, 0) is 12.1 Å². The van der Waals surface area contributed by atoms with Gasteiger partial charge in [-0.15, -0.1) is 0 Å². The number of nitrogens with one attached hydrogen (secondary N) is 1. The van der Waals surface area contributed by atoms with Crippen LogP contribution in [0.3, 0.4) is 0 Å². The summed E-state index contributed by atoms with van der Waals surface area (Å²) in [7, 11) is 0. The Bertz CT molecular complexity index is 279. The lowest BCUT2D eigenvalue weighted by atomic mass is 10.3. The fourth-order valence-electron chi connectivity index (χ4n) is 0.753. The molecule has 0 unspecified atom stereocenters.